The third-order valence-corrected chi connectivity index (χ3v) is 6.47. The van der Waals surface area contributed by atoms with Gasteiger partial charge < -0.3 is 10.0 Å². The van der Waals surface area contributed by atoms with Gasteiger partial charge in [0.2, 0.25) is 10.0 Å². The monoisotopic (exact) mass is 332 g/mol. The van der Waals surface area contributed by atoms with E-state index in [4.69, 9.17) is 5.11 Å². The first kappa shape index (κ1) is 16.9. The van der Waals surface area contributed by atoms with Crippen LogP contribution in [0.5, 0.6) is 0 Å². The van der Waals surface area contributed by atoms with E-state index in [1.807, 2.05) is 0 Å². The molecule has 1 atom stereocenters. The van der Waals surface area contributed by atoms with Crippen molar-refractivity contribution in [1.82, 2.24) is 9.62 Å². The number of aliphatic hydroxyl groups is 1. The molecular formula is C14H24N2O3S2. The molecule has 0 amide bonds. The van der Waals surface area contributed by atoms with E-state index >= 15 is 0 Å². The fraction of sp³-hybridized carbons (Fsp3) is 0.714. The molecule has 5 nitrogen and oxygen atoms in total. The maximum absolute atomic E-state index is 12.3. The quantitative estimate of drug-likeness (QED) is 0.795. The molecule has 1 saturated heterocycles. The number of thiophene rings is 1. The number of hydrogen-bond donors (Lipinski definition) is 2. The van der Waals surface area contributed by atoms with Crippen LogP contribution in [0.15, 0.2) is 11.0 Å². The Labute approximate surface area is 131 Å². The Balaban J connectivity index is 1.92. The highest BCUT2D eigenvalue weighted by Crippen LogP contribution is 2.25. The highest BCUT2D eigenvalue weighted by atomic mass is 32.2. The van der Waals surface area contributed by atoms with Gasteiger partial charge in [0.15, 0.2) is 0 Å². The number of likely N-dealkylation sites (tertiary alicyclic amines) is 1. The Morgan fingerprint density at radius 1 is 1.43 bits per heavy atom. The standard InChI is InChI=1S/C14H24N2O3S2/c1-11(9-16-5-3-4-6-16)8-15-21(18,19)14-7-13(10-17)20-12(14)2/h7,11,15,17H,3-6,8-10H2,1-2H3. The van der Waals surface area contributed by atoms with E-state index in [0.717, 1.165) is 24.5 Å². The lowest BCUT2D eigenvalue weighted by Crippen LogP contribution is -2.34. The van der Waals surface area contributed by atoms with Crippen LogP contribution in [0.1, 0.15) is 29.5 Å². The number of nitrogens with one attached hydrogen (secondary N) is 1. The zero-order valence-electron chi connectivity index (χ0n) is 12.6. The molecule has 2 N–H and O–H groups in total. The van der Waals surface area contributed by atoms with Crippen LogP contribution in [0.25, 0.3) is 0 Å². The van der Waals surface area contributed by atoms with Crippen molar-refractivity contribution in [2.75, 3.05) is 26.2 Å². The highest BCUT2D eigenvalue weighted by molar-refractivity contribution is 7.89. The molecule has 0 bridgehead atoms. The molecule has 1 aliphatic heterocycles. The van der Waals surface area contributed by atoms with Crippen molar-refractivity contribution in [3.8, 4) is 0 Å². The summed E-state index contributed by atoms with van der Waals surface area (Å²) in [5.74, 6) is 0.286. The second-order valence-corrected chi connectivity index (χ2v) is 8.83. The van der Waals surface area contributed by atoms with Gasteiger partial charge >= 0.3 is 0 Å². The molecule has 2 rings (SSSR count). The summed E-state index contributed by atoms with van der Waals surface area (Å²) in [5, 5.41) is 9.11. The molecule has 21 heavy (non-hydrogen) atoms. The fourth-order valence-electron chi connectivity index (χ4n) is 2.67. The zero-order chi connectivity index (χ0) is 15.5. The lowest BCUT2D eigenvalue weighted by atomic mass is 10.2. The Morgan fingerprint density at radius 2 is 2.10 bits per heavy atom. The van der Waals surface area contributed by atoms with E-state index in [0.29, 0.717) is 16.3 Å². The second kappa shape index (κ2) is 7.19. The van der Waals surface area contributed by atoms with Crippen molar-refractivity contribution >= 4 is 21.4 Å². The Bertz CT molecular complexity index is 563. The first-order valence-electron chi connectivity index (χ1n) is 7.34. The van der Waals surface area contributed by atoms with Crippen molar-refractivity contribution in [1.29, 1.82) is 0 Å². The molecule has 7 heteroatoms. The molecular weight excluding hydrogens is 308 g/mol. The Morgan fingerprint density at radius 3 is 2.67 bits per heavy atom. The third kappa shape index (κ3) is 4.50. The molecule has 0 spiro atoms. The van der Waals surface area contributed by atoms with Crippen LogP contribution >= 0.6 is 11.3 Å². The van der Waals surface area contributed by atoms with Gasteiger partial charge in [0.05, 0.1) is 11.5 Å². The van der Waals surface area contributed by atoms with Crippen LogP contribution in [-0.4, -0.2) is 44.6 Å². The maximum Gasteiger partial charge on any atom is 0.241 e. The van der Waals surface area contributed by atoms with Crippen LogP contribution in [0.2, 0.25) is 0 Å². The average molecular weight is 332 g/mol. The van der Waals surface area contributed by atoms with Crippen molar-refractivity contribution in [2.45, 2.75) is 38.2 Å². The zero-order valence-corrected chi connectivity index (χ0v) is 14.3. The van der Waals surface area contributed by atoms with Crippen LogP contribution < -0.4 is 4.72 Å². The van der Waals surface area contributed by atoms with E-state index in [2.05, 4.69) is 16.5 Å². The summed E-state index contributed by atoms with van der Waals surface area (Å²) >= 11 is 1.32. The predicted octanol–water partition coefficient (Wildman–Crippen LogP) is 1.56. The lowest BCUT2D eigenvalue weighted by Gasteiger charge is -2.20. The average Bonchev–Trinajstić information content (AvgIpc) is 3.06. The first-order valence-corrected chi connectivity index (χ1v) is 9.64. The van der Waals surface area contributed by atoms with Crippen molar-refractivity contribution < 1.29 is 13.5 Å². The second-order valence-electron chi connectivity index (χ2n) is 5.76. The first-order chi connectivity index (χ1) is 9.92. The molecule has 1 aliphatic rings. The van der Waals surface area contributed by atoms with Gasteiger partial charge in [0, 0.05) is 22.8 Å². The highest BCUT2D eigenvalue weighted by Gasteiger charge is 2.21. The Kier molecular flexibility index (Phi) is 5.79. The minimum Gasteiger partial charge on any atom is -0.391 e. The normalized spacial score (nSPS) is 18.2. The van der Waals surface area contributed by atoms with Gasteiger partial charge in [-0.3, -0.25) is 0 Å². The maximum atomic E-state index is 12.3. The summed E-state index contributed by atoms with van der Waals surface area (Å²) in [6.45, 7) is 7.36. The molecule has 1 aromatic heterocycles. The van der Waals surface area contributed by atoms with E-state index in [-0.39, 0.29) is 12.5 Å². The Hall–Kier alpha value is -0.470. The van der Waals surface area contributed by atoms with E-state index in [1.165, 1.54) is 24.2 Å². The molecule has 1 fully saturated rings. The number of rotatable bonds is 7. The van der Waals surface area contributed by atoms with Gasteiger partial charge in [-0.2, -0.15) is 0 Å². The van der Waals surface area contributed by atoms with Gasteiger partial charge in [-0.1, -0.05) is 6.92 Å². The third-order valence-electron chi connectivity index (χ3n) is 3.76. The summed E-state index contributed by atoms with van der Waals surface area (Å²) in [7, 11) is -3.48. The van der Waals surface area contributed by atoms with E-state index in [9.17, 15) is 8.42 Å². The lowest BCUT2D eigenvalue weighted by molar-refractivity contribution is 0.285. The van der Waals surface area contributed by atoms with Gasteiger partial charge in [-0.15, -0.1) is 11.3 Å². The molecule has 0 saturated carbocycles. The smallest absolute Gasteiger partial charge is 0.241 e. The van der Waals surface area contributed by atoms with Gasteiger partial charge in [-0.25, -0.2) is 13.1 Å². The minimum atomic E-state index is -3.48. The van der Waals surface area contributed by atoms with E-state index in [1.54, 1.807) is 13.0 Å². The minimum absolute atomic E-state index is 0.119. The predicted molar refractivity (Wildman–Crippen MR) is 85.0 cm³/mol. The van der Waals surface area contributed by atoms with E-state index < -0.39 is 10.0 Å². The largest absolute Gasteiger partial charge is 0.391 e. The van der Waals surface area contributed by atoms with Crippen molar-refractivity contribution in [3.05, 3.63) is 15.8 Å². The van der Waals surface area contributed by atoms with Crippen LogP contribution in [0, 0.1) is 12.8 Å². The van der Waals surface area contributed by atoms with Crippen LogP contribution in [0.3, 0.4) is 0 Å². The van der Waals surface area contributed by atoms with Gasteiger partial charge in [0.25, 0.3) is 0 Å². The number of aliphatic hydroxyl groups excluding tert-OH is 1. The molecule has 0 aliphatic carbocycles. The number of aryl methyl sites for hydroxylation is 1. The van der Waals surface area contributed by atoms with Crippen molar-refractivity contribution in [2.24, 2.45) is 5.92 Å². The van der Waals surface area contributed by atoms with Gasteiger partial charge in [-0.05, 0) is 44.8 Å². The van der Waals surface area contributed by atoms with Crippen LogP contribution in [-0.2, 0) is 16.6 Å². The molecule has 0 radical (unpaired) electrons. The fourth-order valence-corrected chi connectivity index (χ4v) is 5.33. The summed E-state index contributed by atoms with van der Waals surface area (Å²) in [6, 6.07) is 1.56. The number of sulfonamides is 1. The van der Waals surface area contributed by atoms with Gasteiger partial charge in [0.1, 0.15) is 0 Å². The number of hydrogen-bond acceptors (Lipinski definition) is 5. The summed E-state index contributed by atoms with van der Waals surface area (Å²) < 4.78 is 27.3. The molecule has 1 unspecified atom stereocenters. The summed E-state index contributed by atoms with van der Waals surface area (Å²) in [6.07, 6.45) is 2.49. The van der Waals surface area contributed by atoms with Crippen molar-refractivity contribution in [3.63, 3.8) is 0 Å². The summed E-state index contributed by atoms with van der Waals surface area (Å²) in [4.78, 5) is 4.08. The summed E-state index contributed by atoms with van der Waals surface area (Å²) in [5.41, 5.74) is 0. The molecule has 0 aromatic carbocycles. The number of nitrogens with zero attached hydrogens (tertiary/aromatic N) is 1. The molecule has 1 aromatic rings. The molecule has 2 heterocycles. The van der Waals surface area contributed by atoms with Crippen LogP contribution in [0.4, 0.5) is 0 Å². The topological polar surface area (TPSA) is 69.6 Å². The SMILES string of the molecule is Cc1sc(CO)cc1S(=O)(=O)NCC(C)CN1CCCC1. The molecule has 120 valence electrons.